The Labute approximate surface area is 183 Å². The molecule has 0 bridgehead atoms. The number of methoxy groups -OCH3 is 1. The van der Waals surface area contributed by atoms with Crippen molar-refractivity contribution >= 4 is 11.7 Å². The van der Waals surface area contributed by atoms with Gasteiger partial charge in [-0.05, 0) is 61.1 Å². The van der Waals surface area contributed by atoms with E-state index in [9.17, 15) is 9.59 Å². The minimum atomic E-state index is -0.208. The van der Waals surface area contributed by atoms with Crippen molar-refractivity contribution in [3.63, 3.8) is 0 Å². The number of ether oxygens (including phenoxy) is 2. The molecular formula is C26H29NO4. The molecule has 2 aromatic rings. The highest BCUT2D eigenvalue weighted by Crippen LogP contribution is 2.43. The largest absolute Gasteiger partial charge is 0.497 e. The van der Waals surface area contributed by atoms with E-state index in [1.807, 2.05) is 55.5 Å². The van der Waals surface area contributed by atoms with Crippen LogP contribution in [0.15, 0.2) is 59.8 Å². The lowest BCUT2D eigenvalue weighted by Crippen LogP contribution is -2.38. The molecule has 1 N–H and O–H groups in total. The Bertz CT molecular complexity index is 1010. The maximum atomic E-state index is 13.2. The van der Waals surface area contributed by atoms with Crippen LogP contribution in [-0.2, 0) is 9.59 Å². The van der Waals surface area contributed by atoms with Gasteiger partial charge in [0.1, 0.15) is 11.5 Å². The molecule has 3 unspecified atom stereocenters. The molecule has 5 heteroatoms. The summed E-state index contributed by atoms with van der Waals surface area (Å²) in [4.78, 5) is 25.7. The van der Waals surface area contributed by atoms with Crippen LogP contribution in [0.4, 0.5) is 0 Å². The summed E-state index contributed by atoms with van der Waals surface area (Å²) in [7, 11) is 1.64. The van der Waals surface area contributed by atoms with E-state index in [1.54, 1.807) is 7.11 Å². The number of carbonyl (C=O) groups is 2. The third-order valence-electron chi connectivity index (χ3n) is 6.30. The highest BCUT2D eigenvalue weighted by Gasteiger charge is 2.38. The van der Waals surface area contributed by atoms with Gasteiger partial charge in [-0.2, -0.15) is 0 Å². The molecule has 2 aliphatic rings. The molecule has 4 rings (SSSR count). The predicted octanol–water partition coefficient (Wildman–Crippen LogP) is 4.88. The molecule has 2 aromatic carbocycles. The van der Waals surface area contributed by atoms with E-state index in [2.05, 4.69) is 12.2 Å². The van der Waals surface area contributed by atoms with E-state index in [-0.39, 0.29) is 29.6 Å². The van der Waals surface area contributed by atoms with Crippen LogP contribution in [0.2, 0.25) is 0 Å². The maximum absolute atomic E-state index is 13.2. The minimum absolute atomic E-state index is 0.0340. The standard InChI is InChI=1S/C26H29NO4/c1-4-16(2)31-20-10-8-17(9-11-20)22-15-25(29)27-23-13-19(14-24(28)26(22)23)18-6-5-7-21(12-18)30-3/h5-12,16,19,22H,4,13-15H2,1-3H3,(H,27,29). The fourth-order valence-corrected chi connectivity index (χ4v) is 4.47. The lowest BCUT2D eigenvalue weighted by Gasteiger charge is -2.34. The van der Waals surface area contributed by atoms with E-state index < -0.39 is 0 Å². The Morgan fingerprint density at radius 1 is 1.00 bits per heavy atom. The van der Waals surface area contributed by atoms with Crippen LogP contribution in [-0.4, -0.2) is 24.9 Å². The molecular weight excluding hydrogens is 390 g/mol. The molecule has 0 saturated heterocycles. The SMILES string of the molecule is CCC(C)Oc1ccc(C2CC(=O)NC3=C2C(=O)CC(c2cccc(OC)c2)C3)cc1. The van der Waals surface area contributed by atoms with Crippen LogP contribution in [0.5, 0.6) is 11.5 Å². The van der Waals surface area contributed by atoms with Crippen molar-refractivity contribution < 1.29 is 19.1 Å². The molecule has 1 heterocycles. The highest BCUT2D eigenvalue weighted by atomic mass is 16.5. The zero-order valence-electron chi connectivity index (χ0n) is 18.3. The fraction of sp³-hybridized carbons (Fsp3) is 0.385. The topological polar surface area (TPSA) is 64.6 Å². The van der Waals surface area contributed by atoms with Crippen LogP contribution >= 0.6 is 0 Å². The van der Waals surface area contributed by atoms with Crippen LogP contribution in [0.1, 0.15) is 62.5 Å². The fourth-order valence-electron chi connectivity index (χ4n) is 4.47. The highest BCUT2D eigenvalue weighted by molar-refractivity contribution is 6.02. The van der Waals surface area contributed by atoms with Crippen molar-refractivity contribution in [2.45, 2.75) is 57.5 Å². The first-order valence-electron chi connectivity index (χ1n) is 10.9. The third kappa shape index (κ3) is 4.50. The number of carbonyl (C=O) groups excluding carboxylic acids is 2. The number of nitrogens with one attached hydrogen (secondary N) is 1. The molecule has 31 heavy (non-hydrogen) atoms. The second-order valence-electron chi connectivity index (χ2n) is 8.41. The van der Waals surface area contributed by atoms with Gasteiger partial charge in [0, 0.05) is 30.0 Å². The Morgan fingerprint density at radius 3 is 2.48 bits per heavy atom. The van der Waals surface area contributed by atoms with Crippen molar-refractivity contribution in [2.75, 3.05) is 7.11 Å². The Hall–Kier alpha value is -3.08. The molecule has 1 aliphatic heterocycles. The van der Waals surface area contributed by atoms with Gasteiger partial charge in [0.25, 0.3) is 0 Å². The summed E-state index contributed by atoms with van der Waals surface area (Å²) in [5.74, 6) is 1.48. The van der Waals surface area contributed by atoms with Gasteiger partial charge < -0.3 is 14.8 Å². The first-order chi connectivity index (χ1) is 15.0. The van der Waals surface area contributed by atoms with Gasteiger partial charge in [0.2, 0.25) is 5.91 Å². The normalized spacial score (nSPS) is 21.9. The van der Waals surface area contributed by atoms with E-state index in [1.165, 1.54) is 0 Å². The Balaban J connectivity index is 1.61. The molecule has 0 spiro atoms. The van der Waals surface area contributed by atoms with Gasteiger partial charge in [0.05, 0.1) is 13.2 Å². The number of hydrogen-bond donors (Lipinski definition) is 1. The number of allylic oxidation sites excluding steroid dienone is 2. The number of amides is 1. The number of benzene rings is 2. The molecule has 0 radical (unpaired) electrons. The van der Waals surface area contributed by atoms with Crippen molar-refractivity contribution in [2.24, 2.45) is 0 Å². The second-order valence-corrected chi connectivity index (χ2v) is 8.41. The summed E-state index contributed by atoms with van der Waals surface area (Å²) in [6, 6.07) is 15.6. The zero-order valence-corrected chi connectivity index (χ0v) is 18.3. The van der Waals surface area contributed by atoms with Crippen LogP contribution in [0.25, 0.3) is 0 Å². The van der Waals surface area contributed by atoms with E-state index in [4.69, 9.17) is 9.47 Å². The molecule has 0 aromatic heterocycles. The van der Waals surface area contributed by atoms with Crippen molar-refractivity contribution in [1.29, 1.82) is 0 Å². The van der Waals surface area contributed by atoms with Gasteiger partial charge in [-0.1, -0.05) is 31.2 Å². The zero-order chi connectivity index (χ0) is 22.0. The quantitative estimate of drug-likeness (QED) is 0.725. The van der Waals surface area contributed by atoms with Gasteiger partial charge in [-0.15, -0.1) is 0 Å². The molecule has 1 aliphatic carbocycles. The Kier molecular flexibility index (Phi) is 6.12. The van der Waals surface area contributed by atoms with Crippen molar-refractivity contribution in [1.82, 2.24) is 5.32 Å². The van der Waals surface area contributed by atoms with E-state index >= 15 is 0 Å². The molecule has 162 valence electrons. The summed E-state index contributed by atoms with van der Waals surface area (Å²) in [5.41, 5.74) is 3.56. The number of Topliss-reactive ketones (excluding diaryl/α,β-unsaturated/α-hetero) is 1. The smallest absolute Gasteiger partial charge is 0.225 e. The average molecular weight is 420 g/mol. The molecule has 5 nitrogen and oxygen atoms in total. The van der Waals surface area contributed by atoms with Crippen LogP contribution < -0.4 is 14.8 Å². The number of rotatable bonds is 6. The predicted molar refractivity (Wildman–Crippen MR) is 119 cm³/mol. The first kappa shape index (κ1) is 21.2. The number of ketones is 1. The van der Waals surface area contributed by atoms with E-state index in [0.717, 1.165) is 40.3 Å². The number of hydrogen-bond acceptors (Lipinski definition) is 4. The maximum Gasteiger partial charge on any atom is 0.225 e. The van der Waals surface area contributed by atoms with E-state index in [0.29, 0.717) is 19.3 Å². The monoisotopic (exact) mass is 419 g/mol. The lowest BCUT2D eigenvalue weighted by atomic mass is 9.73. The summed E-state index contributed by atoms with van der Waals surface area (Å²) in [5, 5.41) is 2.99. The first-order valence-corrected chi connectivity index (χ1v) is 10.9. The lowest BCUT2D eigenvalue weighted by molar-refractivity contribution is -0.122. The van der Waals surface area contributed by atoms with Crippen LogP contribution in [0.3, 0.4) is 0 Å². The van der Waals surface area contributed by atoms with Crippen molar-refractivity contribution in [3.8, 4) is 11.5 Å². The van der Waals surface area contributed by atoms with Gasteiger partial charge >= 0.3 is 0 Å². The summed E-state index contributed by atoms with van der Waals surface area (Å²) >= 11 is 0. The van der Waals surface area contributed by atoms with Gasteiger partial charge in [-0.25, -0.2) is 0 Å². The Morgan fingerprint density at radius 2 is 1.77 bits per heavy atom. The molecule has 0 fully saturated rings. The third-order valence-corrected chi connectivity index (χ3v) is 6.30. The molecule has 0 saturated carbocycles. The molecule has 3 atom stereocenters. The minimum Gasteiger partial charge on any atom is -0.497 e. The summed E-state index contributed by atoms with van der Waals surface area (Å²) in [6.45, 7) is 4.12. The average Bonchev–Trinajstić information content (AvgIpc) is 2.78. The van der Waals surface area contributed by atoms with Crippen LogP contribution in [0, 0.1) is 0 Å². The van der Waals surface area contributed by atoms with Crippen molar-refractivity contribution in [3.05, 3.63) is 70.9 Å². The van der Waals surface area contributed by atoms with Gasteiger partial charge in [-0.3, -0.25) is 9.59 Å². The molecule has 1 amide bonds. The summed E-state index contributed by atoms with van der Waals surface area (Å²) < 4.78 is 11.2. The van der Waals surface area contributed by atoms with Gasteiger partial charge in [0.15, 0.2) is 5.78 Å². The summed E-state index contributed by atoms with van der Waals surface area (Å²) in [6.07, 6.45) is 2.46. The second kappa shape index (κ2) is 8.96.